The van der Waals surface area contributed by atoms with Gasteiger partial charge in [0.15, 0.2) is 0 Å². The minimum atomic E-state index is -3.91. The number of carbonyl (C=O) groups excluding carboxylic acids is 2. The average Bonchev–Trinajstić information content (AvgIpc) is 2.77. The normalized spacial score (nSPS) is 13.7. The minimum absolute atomic E-state index is 0.170. The van der Waals surface area contributed by atoms with E-state index in [1.165, 1.54) is 19.2 Å². The second-order valence-corrected chi connectivity index (χ2v) is 8.98. The summed E-state index contributed by atoms with van der Waals surface area (Å²) in [6.45, 7) is 1.55. The number of aryl methyl sites for hydroxylation is 1. The summed E-state index contributed by atoms with van der Waals surface area (Å²) in [7, 11) is -2.62. The molecule has 7 nitrogen and oxygen atoms in total. The molecule has 0 atom stereocenters. The summed E-state index contributed by atoms with van der Waals surface area (Å²) in [5.74, 6) is -0.983. The molecule has 0 radical (unpaired) electrons. The molecule has 1 aliphatic rings. The summed E-state index contributed by atoms with van der Waals surface area (Å²) in [5, 5.41) is 2.68. The van der Waals surface area contributed by atoms with Crippen LogP contribution in [0.3, 0.4) is 0 Å². The average molecular weight is 436 g/mol. The molecule has 1 N–H and O–H groups in total. The maximum Gasteiger partial charge on any atom is 0.337 e. The smallest absolute Gasteiger partial charge is 0.337 e. The zero-order valence-electron chi connectivity index (χ0n) is 17.0. The van der Waals surface area contributed by atoms with Crippen molar-refractivity contribution in [1.82, 2.24) is 0 Å². The van der Waals surface area contributed by atoms with Crippen molar-refractivity contribution in [2.24, 2.45) is 0 Å². The monoisotopic (exact) mass is 436 g/mol. The van der Waals surface area contributed by atoms with Gasteiger partial charge >= 0.3 is 5.97 Å². The Hall–Kier alpha value is -3.65. The van der Waals surface area contributed by atoms with Crippen molar-refractivity contribution in [2.45, 2.75) is 11.8 Å². The highest BCUT2D eigenvalue weighted by atomic mass is 32.2. The molecule has 1 heterocycles. The Bertz CT molecular complexity index is 1280. The number of amides is 1. The Morgan fingerprint density at radius 1 is 0.968 bits per heavy atom. The number of ether oxygens (including phenoxy) is 1. The van der Waals surface area contributed by atoms with Crippen molar-refractivity contribution < 1.29 is 22.7 Å². The second kappa shape index (κ2) is 7.88. The van der Waals surface area contributed by atoms with E-state index < -0.39 is 21.9 Å². The molecule has 0 bridgehead atoms. The van der Waals surface area contributed by atoms with Crippen LogP contribution < -0.4 is 9.62 Å². The van der Waals surface area contributed by atoms with Crippen LogP contribution in [0, 0.1) is 6.92 Å². The molecule has 8 heteroatoms. The molecule has 4 rings (SSSR count). The molecule has 158 valence electrons. The maximum absolute atomic E-state index is 13.3. The van der Waals surface area contributed by atoms with Crippen LogP contribution in [0.25, 0.3) is 11.1 Å². The third-order valence-electron chi connectivity index (χ3n) is 5.04. The lowest BCUT2D eigenvalue weighted by atomic mass is 10.0. The van der Waals surface area contributed by atoms with E-state index in [1.54, 1.807) is 42.5 Å². The van der Waals surface area contributed by atoms with Gasteiger partial charge in [-0.15, -0.1) is 0 Å². The van der Waals surface area contributed by atoms with E-state index in [4.69, 9.17) is 0 Å². The number of nitrogens with zero attached hydrogens (tertiary/aromatic N) is 1. The first-order valence-corrected chi connectivity index (χ1v) is 11.0. The number of carbonyl (C=O) groups is 2. The number of anilines is 2. The van der Waals surface area contributed by atoms with E-state index in [9.17, 15) is 18.0 Å². The molecule has 3 aromatic carbocycles. The zero-order chi connectivity index (χ0) is 22.2. The zero-order valence-corrected chi connectivity index (χ0v) is 17.8. The summed E-state index contributed by atoms with van der Waals surface area (Å²) in [6.07, 6.45) is 0. The second-order valence-electron chi connectivity index (χ2n) is 7.15. The lowest BCUT2D eigenvalue weighted by Gasteiger charge is -2.31. The van der Waals surface area contributed by atoms with Crippen LogP contribution in [0.2, 0.25) is 0 Å². The maximum atomic E-state index is 13.3. The lowest BCUT2D eigenvalue weighted by Crippen LogP contribution is -2.40. The van der Waals surface area contributed by atoms with E-state index in [0.29, 0.717) is 22.5 Å². The SMILES string of the molecule is COC(=O)c1ccc(NC(=O)CN2c3ccc(C)cc3-c3ccccc3S2(=O)=O)cc1. The fraction of sp³-hybridized carbons (Fsp3) is 0.130. The van der Waals surface area contributed by atoms with Crippen molar-refractivity contribution in [2.75, 3.05) is 23.3 Å². The van der Waals surface area contributed by atoms with Crippen LogP contribution in [0.5, 0.6) is 0 Å². The number of esters is 1. The Morgan fingerprint density at radius 2 is 1.68 bits per heavy atom. The molecular formula is C23H20N2O5S. The Balaban J connectivity index is 1.64. The number of hydrogen-bond donors (Lipinski definition) is 1. The van der Waals surface area contributed by atoms with Crippen molar-refractivity contribution in [1.29, 1.82) is 0 Å². The molecule has 31 heavy (non-hydrogen) atoms. The van der Waals surface area contributed by atoms with Gasteiger partial charge in [-0.1, -0.05) is 29.8 Å². The van der Waals surface area contributed by atoms with Gasteiger partial charge in [0.2, 0.25) is 5.91 Å². The van der Waals surface area contributed by atoms with E-state index in [1.807, 2.05) is 19.1 Å². The summed E-state index contributed by atoms with van der Waals surface area (Å²) in [6, 6.07) is 18.4. The van der Waals surface area contributed by atoms with Gasteiger partial charge in [0.05, 0.1) is 23.3 Å². The highest BCUT2D eigenvalue weighted by molar-refractivity contribution is 7.93. The number of nitrogens with one attached hydrogen (secondary N) is 1. The van der Waals surface area contributed by atoms with Crippen LogP contribution in [-0.2, 0) is 19.6 Å². The van der Waals surface area contributed by atoms with Gasteiger partial charge < -0.3 is 10.1 Å². The van der Waals surface area contributed by atoms with Crippen LogP contribution in [0.15, 0.2) is 71.6 Å². The first kappa shape index (κ1) is 20.6. The molecule has 0 aliphatic carbocycles. The van der Waals surface area contributed by atoms with Gasteiger partial charge in [-0.3, -0.25) is 9.10 Å². The van der Waals surface area contributed by atoms with Crippen LogP contribution in [0.4, 0.5) is 11.4 Å². The van der Waals surface area contributed by atoms with Gasteiger partial charge in [-0.25, -0.2) is 13.2 Å². The van der Waals surface area contributed by atoms with Gasteiger partial charge in [0, 0.05) is 16.8 Å². The molecular weight excluding hydrogens is 416 g/mol. The van der Waals surface area contributed by atoms with Crippen LogP contribution in [-0.4, -0.2) is 33.9 Å². The number of benzene rings is 3. The summed E-state index contributed by atoms with van der Waals surface area (Å²) in [5.41, 5.74) is 3.62. The topological polar surface area (TPSA) is 92.8 Å². The van der Waals surface area contributed by atoms with Crippen LogP contribution >= 0.6 is 0 Å². The Labute approximate surface area is 180 Å². The molecule has 0 aromatic heterocycles. The summed E-state index contributed by atoms with van der Waals surface area (Å²) >= 11 is 0. The number of fused-ring (bicyclic) bond motifs is 3. The third kappa shape index (κ3) is 3.77. The molecule has 0 spiro atoms. The van der Waals surface area contributed by atoms with Crippen molar-refractivity contribution in [3.63, 3.8) is 0 Å². The highest BCUT2D eigenvalue weighted by Crippen LogP contribution is 2.43. The third-order valence-corrected chi connectivity index (χ3v) is 6.86. The molecule has 1 amide bonds. The van der Waals surface area contributed by atoms with Gasteiger partial charge in [-0.05, 0) is 49.4 Å². The number of sulfonamides is 1. The van der Waals surface area contributed by atoms with E-state index in [-0.39, 0.29) is 11.4 Å². The van der Waals surface area contributed by atoms with Crippen molar-refractivity contribution in [3.05, 3.63) is 77.9 Å². The quantitative estimate of drug-likeness (QED) is 0.631. The van der Waals surface area contributed by atoms with Gasteiger partial charge in [0.1, 0.15) is 6.54 Å². The Kier molecular flexibility index (Phi) is 5.24. The molecule has 1 aliphatic heterocycles. The standard InChI is InChI=1S/C23H20N2O5S/c1-15-7-12-20-19(13-15)18-5-3-4-6-21(18)31(28,29)25(20)14-22(26)24-17-10-8-16(9-11-17)23(27)30-2/h3-13H,14H2,1-2H3,(H,24,26). The first-order valence-electron chi connectivity index (χ1n) is 9.52. The molecule has 0 fully saturated rings. The fourth-order valence-corrected chi connectivity index (χ4v) is 5.20. The van der Waals surface area contributed by atoms with E-state index in [0.717, 1.165) is 15.4 Å². The number of methoxy groups -OCH3 is 1. The molecule has 0 unspecified atom stereocenters. The molecule has 0 saturated carbocycles. The van der Waals surface area contributed by atoms with E-state index in [2.05, 4.69) is 10.1 Å². The van der Waals surface area contributed by atoms with Crippen molar-refractivity contribution in [3.8, 4) is 11.1 Å². The predicted molar refractivity (Wildman–Crippen MR) is 118 cm³/mol. The fourth-order valence-electron chi connectivity index (χ4n) is 3.55. The minimum Gasteiger partial charge on any atom is -0.465 e. The van der Waals surface area contributed by atoms with Gasteiger partial charge in [-0.2, -0.15) is 0 Å². The Morgan fingerprint density at radius 3 is 2.39 bits per heavy atom. The molecule has 3 aromatic rings. The van der Waals surface area contributed by atoms with E-state index >= 15 is 0 Å². The number of rotatable bonds is 4. The largest absolute Gasteiger partial charge is 0.465 e. The van der Waals surface area contributed by atoms with Crippen molar-refractivity contribution >= 4 is 33.3 Å². The van der Waals surface area contributed by atoms with Gasteiger partial charge in [0.25, 0.3) is 10.0 Å². The summed E-state index contributed by atoms with van der Waals surface area (Å²) < 4.78 is 32.4. The molecule has 0 saturated heterocycles. The summed E-state index contributed by atoms with van der Waals surface area (Å²) in [4.78, 5) is 24.4. The lowest BCUT2D eigenvalue weighted by molar-refractivity contribution is -0.114. The predicted octanol–water partition coefficient (Wildman–Crippen LogP) is 3.60. The number of hydrogen-bond acceptors (Lipinski definition) is 5. The first-order chi connectivity index (χ1) is 14.8. The van der Waals surface area contributed by atoms with Crippen LogP contribution in [0.1, 0.15) is 15.9 Å². The highest BCUT2D eigenvalue weighted by Gasteiger charge is 2.35.